The summed E-state index contributed by atoms with van der Waals surface area (Å²) in [6.45, 7) is 8.54. The predicted molar refractivity (Wildman–Crippen MR) is 159 cm³/mol. The Morgan fingerprint density at radius 3 is 2.65 bits per heavy atom. The Bertz CT molecular complexity index is 1390. The van der Waals surface area contributed by atoms with Gasteiger partial charge < -0.3 is 25.0 Å². The van der Waals surface area contributed by atoms with Gasteiger partial charge in [-0.15, -0.1) is 0 Å². The fourth-order valence-electron chi connectivity index (χ4n) is 4.12. The Morgan fingerprint density at radius 1 is 1.12 bits per heavy atom. The number of aryl methyl sites for hydroxylation is 1. The summed E-state index contributed by atoms with van der Waals surface area (Å²) >= 11 is 11.6. The summed E-state index contributed by atoms with van der Waals surface area (Å²) in [6, 6.07) is 12.4. The summed E-state index contributed by atoms with van der Waals surface area (Å²) in [7, 11) is 0. The van der Waals surface area contributed by atoms with E-state index in [0.29, 0.717) is 45.9 Å². The van der Waals surface area contributed by atoms with Crippen molar-refractivity contribution in [3.05, 3.63) is 76.7 Å². The summed E-state index contributed by atoms with van der Waals surface area (Å²) in [5.41, 5.74) is 1.67. The number of carbonyl (C=O) groups is 2. The Morgan fingerprint density at radius 2 is 1.93 bits per heavy atom. The molecule has 4 rings (SSSR count). The van der Waals surface area contributed by atoms with Crippen LogP contribution in [0.4, 0.5) is 16.3 Å². The lowest BCUT2D eigenvalue weighted by Crippen LogP contribution is -2.46. The molecule has 210 valence electrons. The van der Waals surface area contributed by atoms with Gasteiger partial charge in [-0.2, -0.15) is 0 Å². The van der Waals surface area contributed by atoms with Gasteiger partial charge in [-0.1, -0.05) is 29.9 Å². The average Bonchev–Trinajstić information content (AvgIpc) is 2.89. The van der Waals surface area contributed by atoms with E-state index in [1.807, 2.05) is 45.9 Å². The van der Waals surface area contributed by atoms with Crippen LogP contribution in [0.1, 0.15) is 55.2 Å². The van der Waals surface area contributed by atoms with Gasteiger partial charge in [0.05, 0.1) is 22.8 Å². The third-order valence-corrected chi connectivity index (χ3v) is 6.49. The number of hydrogen-bond donors (Lipinski definition) is 2. The lowest BCUT2D eigenvalue weighted by molar-refractivity contribution is 0.00773. The van der Waals surface area contributed by atoms with Crippen LogP contribution in [0, 0.1) is 6.92 Å². The van der Waals surface area contributed by atoms with Gasteiger partial charge in [0.1, 0.15) is 28.3 Å². The van der Waals surface area contributed by atoms with E-state index in [1.165, 1.54) is 12.4 Å². The fraction of sp³-hybridized carbons (Fsp3) is 0.345. The molecule has 0 aliphatic carbocycles. The number of benzene rings is 1. The molecule has 1 saturated heterocycles. The van der Waals surface area contributed by atoms with E-state index in [4.69, 9.17) is 33.3 Å². The van der Waals surface area contributed by atoms with Crippen molar-refractivity contribution in [2.45, 2.75) is 52.2 Å². The van der Waals surface area contributed by atoms with Gasteiger partial charge in [0, 0.05) is 18.9 Å². The van der Waals surface area contributed by atoms with Crippen LogP contribution < -0.4 is 15.4 Å². The molecule has 1 fully saturated rings. The molecular weight excluding hydrogens is 550 g/mol. The summed E-state index contributed by atoms with van der Waals surface area (Å²) in [5.74, 6) is 0.482. The first-order chi connectivity index (χ1) is 19.0. The molecule has 0 bridgehead atoms. The zero-order valence-electron chi connectivity index (χ0n) is 22.9. The Labute approximate surface area is 244 Å². The molecule has 2 aromatic heterocycles. The Hall–Kier alpha value is -3.76. The van der Waals surface area contributed by atoms with E-state index in [9.17, 15) is 9.59 Å². The van der Waals surface area contributed by atoms with Gasteiger partial charge >= 0.3 is 6.09 Å². The van der Waals surface area contributed by atoms with E-state index in [0.717, 1.165) is 18.4 Å². The summed E-state index contributed by atoms with van der Waals surface area (Å²) < 4.78 is 12.0. The SMILES string of the molecule is Cc1ccc(C(=S)Nc2cccnc2C(=O)Nc2ccc(Cl)cn2)c(O[C@@H]2CCCN(C(=O)OC(C)(C)C)C2)c1. The minimum absolute atomic E-state index is 0.150. The van der Waals surface area contributed by atoms with Gasteiger partial charge in [-0.25, -0.2) is 14.8 Å². The number of pyridine rings is 2. The number of hydrogen-bond acceptors (Lipinski definition) is 7. The van der Waals surface area contributed by atoms with E-state index in [-0.39, 0.29) is 17.9 Å². The van der Waals surface area contributed by atoms with Crippen LogP contribution in [-0.2, 0) is 4.74 Å². The molecule has 1 aliphatic heterocycles. The molecule has 0 radical (unpaired) electrons. The Balaban J connectivity index is 1.49. The van der Waals surface area contributed by atoms with Crippen molar-refractivity contribution in [1.29, 1.82) is 0 Å². The second-order valence-electron chi connectivity index (χ2n) is 10.5. The second kappa shape index (κ2) is 12.6. The number of amides is 2. The third kappa shape index (κ3) is 7.89. The molecule has 1 aliphatic rings. The lowest BCUT2D eigenvalue weighted by Gasteiger charge is -2.34. The van der Waals surface area contributed by atoms with Crippen molar-refractivity contribution < 1.29 is 19.1 Å². The highest BCUT2D eigenvalue weighted by molar-refractivity contribution is 7.81. The zero-order valence-corrected chi connectivity index (χ0v) is 24.4. The van der Waals surface area contributed by atoms with E-state index in [1.54, 1.807) is 29.2 Å². The minimum atomic E-state index is -0.570. The first-order valence-corrected chi connectivity index (χ1v) is 13.7. The van der Waals surface area contributed by atoms with Gasteiger partial charge in [0.15, 0.2) is 5.69 Å². The van der Waals surface area contributed by atoms with Crippen LogP contribution >= 0.6 is 23.8 Å². The summed E-state index contributed by atoms with van der Waals surface area (Å²) in [6.07, 6.45) is 3.98. The highest BCUT2D eigenvalue weighted by atomic mass is 35.5. The highest BCUT2D eigenvalue weighted by Crippen LogP contribution is 2.27. The number of piperidine rings is 1. The number of carbonyl (C=O) groups excluding carboxylic acids is 2. The molecular formula is C29H32ClN5O4S. The van der Waals surface area contributed by atoms with Crippen LogP contribution in [0.25, 0.3) is 0 Å². The summed E-state index contributed by atoms with van der Waals surface area (Å²) in [5, 5.41) is 6.34. The molecule has 9 nitrogen and oxygen atoms in total. The first kappa shape index (κ1) is 29.2. The van der Waals surface area contributed by atoms with Crippen molar-refractivity contribution in [3.63, 3.8) is 0 Å². The number of nitrogens with zero attached hydrogens (tertiary/aromatic N) is 3. The van der Waals surface area contributed by atoms with Crippen molar-refractivity contribution in [1.82, 2.24) is 14.9 Å². The van der Waals surface area contributed by atoms with Gasteiger partial charge in [0.2, 0.25) is 0 Å². The largest absolute Gasteiger partial charge is 0.488 e. The number of ether oxygens (including phenoxy) is 2. The van der Waals surface area contributed by atoms with Crippen molar-refractivity contribution in [2.75, 3.05) is 23.7 Å². The van der Waals surface area contributed by atoms with E-state index >= 15 is 0 Å². The topological polar surface area (TPSA) is 106 Å². The van der Waals surface area contributed by atoms with Gasteiger partial charge in [-0.3, -0.25) is 4.79 Å². The molecule has 0 unspecified atom stereocenters. The molecule has 0 saturated carbocycles. The van der Waals surface area contributed by atoms with Gasteiger partial charge in [0.25, 0.3) is 5.91 Å². The first-order valence-electron chi connectivity index (χ1n) is 12.9. The molecule has 2 N–H and O–H groups in total. The Kier molecular flexibility index (Phi) is 9.21. The summed E-state index contributed by atoms with van der Waals surface area (Å²) in [4.78, 5) is 36.0. The average molecular weight is 582 g/mol. The van der Waals surface area contributed by atoms with Crippen LogP contribution in [0.3, 0.4) is 0 Å². The number of aromatic nitrogens is 2. The van der Waals surface area contributed by atoms with Crippen LogP contribution in [0.2, 0.25) is 5.02 Å². The van der Waals surface area contributed by atoms with Crippen molar-refractivity contribution >= 4 is 52.3 Å². The van der Waals surface area contributed by atoms with Gasteiger partial charge in [-0.05, 0) is 82.5 Å². The molecule has 3 heterocycles. The quantitative estimate of drug-likeness (QED) is 0.329. The van der Waals surface area contributed by atoms with Crippen LogP contribution in [-0.4, -0.2) is 56.7 Å². The van der Waals surface area contributed by atoms with Crippen LogP contribution in [0.15, 0.2) is 54.9 Å². The van der Waals surface area contributed by atoms with Crippen LogP contribution in [0.5, 0.6) is 5.75 Å². The molecule has 11 heteroatoms. The monoisotopic (exact) mass is 581 g/mol. The van der Waals surface area contributed by atoms with Crippen molar-refractivity contribution in [2.24, 2.45) is 0 Å². The number of likely N-dealkylation sites (tertiary alicyclic amines) is 1. The number of thiocarbonyl (C=S) groups is 1. The maximum atomic E-state index is 13.0. The third-order valence-electron chi connectivity index (χ3n) is 5.95. The van der Waals surface area contributed by atoms with E-state index in [2.05, 4.69) is 20.6 Å². The van der Waals surface area contributed by atoms with E-state index < -0.39 is 11.5 Å². The fourth-order valence-corrected chi connectivity index (χ4v) is 4.51. The molecule has 1 atom stereocenters. The minimum Gasteiger partial charge on any atom is -0.488 e. The number of rotatable bonds is 6. The smallest absolute Gasteiger partial charge is 0.410 e. The molecule has 40 heavy (non-hydrogen) atoms. The molecule has 1 aromatic carbocycles. The number of halogens is 1. The number of nitrogens with one attached hydrogen (secondary N) is 2. The molecule has 2 amide bonds. The normalized spacial score (nSPS) is 15.2. The zero-order chi connectivity index (χ0) is 28.9. The van der Waals surface area contributed by atoms with Crippen molar-refractivity contribution in [3.8, 4) is 5.75 Å². The maximum Gasteiger partial charge on any atom is 0.410 e. The predicted octanol–water partition coefficient (Wildman–Crippen LogP) is 6.26. The second-order valence-corrected chi connectivity index (χ2v) is 11.3. The number of anilines is 2. The standard InChI is InChI=1S/C29H32ClN5O4S/c1-18-9-11-21(23(15-18)38-20-7-6-14-35(17-20)28(37)39-29(2,3)4)27(40)33-22-8-5-13-31-25(22)26(36)34-24-12-10-19(30)16-32-24/h5,8-13,15-16,20H,6-7,14,17H2,1-4H3,(H,33,40)(H,32,34,36)/t20-/m1/s1. The molecule has 0 spiro atoms. The maximum absolute atomic E-state index is 13.0. The molecule has 3 aromatic rings. The lowest BCUT2D eigenvalue weighted by atomic mass is 10.1. The highest BCUT2D eigenvalue weighted by Gasteiger charge is 2.29.